The zero-order chi connectivity index (χ0) is 18.8. The van der Waals surface area contributed by atoms with Gasteiger partial charge >= 0.3 is 5.97 Å². The van der Waals surface area contributed by atoms with Crippen LogP contribution in [0.5, 0.6) is 0 Å². The van der Waals surface area contributed by atoms with E-state index in [1.54, 1.807) is 6.20 Å². The summed E-state index contributed by atoms with van der Waals surface area (Å²) >= 11 is 0. The van der Waals surface area contributed by atoms with Crippen LogP contribution in [0.3, 0.4) is 0 Å². The molecule has 1 N–H and O–H groups in total. The van der Waals surface area contributed by atoms with Crippen molar-refractivity contribution in [3.8, 4) is 11.5 Å². The Hall–Kier alpha value is -3.42. The van der Waals surface area contributed by atoms with E-state index in [1.807, 2.05) is 30.3 Å². The van der Waals surface area contributed by atoms with Gasteiger partial charge in [-0.2, -0.15) is 0 Å². The van der Waals surface area contributed by atoms with Crippen molar-refractivity contribution in [2.45, 2.75) is 25.4 Å². The van der Waals surface area contributed by atoms with Crippen LogP contribution in [0.1, 0.15) is 24.0 Å². The SMILES string of the molecule is COC(=O)[C@@H]1CCc2ncc(NCc3cnc(-c4ccccc4)o3)c(=O)n21. The van der Waals surface area contributed by atoms with Gasteiger partial charge in [0.1, 0.15) is 23.3 Å². The molecule has 8 heteroatoms. The van der Waals surface area contributed by atoms with E-state index in [4.69, 9.17) is 9.15 Å². The molecule has 0 radical (unpaired) electrons. The van der Waals surface area contributed by atoms with Crippen molar-refractivity contribution < 1.29 is 13.9 Å². The highest BCUT2D eigenvalue weighted by atomic mass is 16.5. The fourth-order valence-corrected chi connectivity index (χ4v) is 3.17. The molecule has 1 aliphatic rings. The van der Waals surface area contributed by atoms with Crippen LogP contribution in [-0.4, -0.2) is 27.6 Å². The predicted octanol–water partition coefficient (Wildman–Crippen LogP) is 2.17. The van der Waals surface area contributed by atoms with E-state index in [0.717, 1.165) is 5.56 Å². The van der Waals surface area contributed by atoms with Gasteiger partial charge in [0.15, 0.2) is 0 Å². The van der Waals surface area contributed by atoms with E-state index in [0.29, 0.717) is 36.0 Å². The minimum atomic E-state index is -0.623. The molecule has 0 fully saturated rings. The Morgan fingerprint density at radius 2 is 2.11 bits per heavy atom. The second kappa shape index (κ2) is 7.06. The number of rotatable bonds is 5. The lowest BCUT2D eigenvalue weighted by Crippen LogP contribution is -2.30. The summed E-state index contributed by atoms with van der Waals surface area (Å²) in [6, 6.07) is 8.94. The van der Waals surface area contributed by atoms with Gasteiger partial charge in [-0.05, 0) is 18.6 Å². The molecule has 138 valence electrons. The number of anilines is 1. The van der Waals surface area contributed by atoms with Crippen LogP contribution in [-0.2, 0) is 22.5 Å². The lowest BCUT2D eigenvalue weighted by atomic mass is 10.2. The minimum absolute atomic E-state index is 0.277. The van der Waals surface area contributed by atoms with Gasteiger partial charge in [0.05, 0.1) is 26.0 Å². The van der Waals surface area contributed by atoms with Crippen molar-refractivity contribution >= 4 is 11.7 Å². The standard InChI is InChI=1S/C19H18N4O4/c1-26-19(25)15-7-8-16-21-11-14(18(24)23(15)16)20-9-13-10-22-17(27-13)12-5-3-2-4-6-12/h2-6,10-11,15,20H,7-9H2,1H3/t15-/m0/s1. The van der Waals surface area contributed by atoms with Gasteiger partial charge in [0.2, 0.25) is 5.89 Å². The van der Waals surface area contributed by atoms with Crippen molar-refractivity contribution in [3.05, 3.63) is 64.7 Å². The highest BCUT2D eigenvalue weighted by Gasteiger charge is 2.31. The molecule has 0 spiro atoms. The van der Waals surface area contributed by atoms with Crippen molar-refractivity contribution in [2.75, 3.05) is 12.4 Å². The van der Waals surface area contributed by atoms with Gasteiger partial charge in [-0.1, -0.05) is 18.2 Å². The second-order valence-corrected chi connectivity index (χ2v) is 6.19. The van der Waals surface area contributed by atoms with Crippen LogP contribution in [0, 0.1) is 0 Å². The maximum atomic E-state index is 12.7. The fraction of sp³-hybridized carbons (Fsp3) is 0.263. The van der Waals surface area contributed by atoms with Crippen LogP contribution in [0.15, 0.2) is 51.9 Å². The lowest BCUT2D eigenvalue weighted by Gasteiger charge is -2.13. The third kappa shape index (κ3) is 3.21. The Labute approximate surface area is 154 Å². The quantitative estimate of drug-likeness (QED) is 0.691. The van der Waals surface area contributed by atoms with E-state index in [1.165, 1.54) is 17.9 Å². The first-order chi connectivity index (χ1) is 13.2. The Morgan fingerprint density at radius 3 is 2.89 bits per heavy atom. The van der Waals surface area contributed by atoms with E-state index in [-0.39, 0.29) is 12.1 Å². The van der Waals surface area contributed by atoms with Crippen molar-refractivity contribution in [3.63, 3.8) is 0 Å². The Bertz CT molecular complexity index is 1030. The van der Waals surface area contributed by atoms with Gasteiger partial charge in [0.25, 0.3) is 5.56 Å². The number of methoxy groups -OCH3 is 1. The molecule has 0 unspecified atom stereocenters. The molecule has 27 heavy (non-hydrogen) atoms. The summed E-state index contributed by atoms with van der Waals surface area (Å²) in [7, 11) is 1.31. The number of nitrogens with zero attached hydrogens (tertiary/aromatic N) is 3. The molecule has 0 amide bonds. The van der Waals surface area contributed by atoms with E-state index in [2.05, 4.69) is 15.3 Å². The maximum absolute atomic E-state index is 12.7. The first-order valence-corrected chi connectivity index (χ1v) is 8.59. The zero-order valence-electron chi connectivity index (χ0n) is 14.7. The monoisotopic (exact) mass is 366 g/mol. The summed E-state index contributed by atoms with van der Waals surface area (Å²) in [5, 5.41) is 3.02. The van der Waals surface area contributed by atoms with Crippen LogP contribution < -0.4 is 10.9 Å². The normalized spacial score (nSPS) is 15.4. The number of benzene rings is 1. The van der Waals surface area contributed by atoms with Crippen LogP contribution >= 0.6 is 0 Å². The number of fused-ring (bicyclic) bond motifs is 1. The van der Waals surface area contributed by atoms with Crippen LogP contribution in [0.4, 0.5) is 5.69 Å². The highest BCUT2D eigenvalue weighted by Crippen LogP contribution is 2.24. The summed E-state index contributed by atoms with van der Waals surface area (Å²) in [4.78, 5) is 33.2. The first kappa shape index (κ1) is 17.0. The average Bonchev–Trinajstić information content (AvgIpc) is 3.35. The highest BCUT2D eigenvalue weighted by molar-refractivity contribution is 5.74. The number of aryl methyl sites for hydroxylation is 1. The zero-order valence-corrected chi connectivity index (χ0v) is 14.7. The topological polar surface area (TPSA) is 99.2 Å². The largest absolute Gasteiger partial charge is 0.467 e. The Kier molecular flexibility index (Phi) is 4.45. The Morgan fingerprint density at radius 1 is 1.30 bits per heavy atom. The number of hydrogen-bond acceptors (Lipinski definition) is 7. The molecule has 0 saturated heterocycles. The molecule has 1 aromatic carbocycles. The minimum Gasteiger partial charge on any atom is -0.467 e. The number of aromatic nitrogens is 3. The summed E-state index contributed by atoms with van der Waals surface area (Å²) in [6.45, 7) is 0.277. The number of carbonyl (C=O) groups excluding carboxylic acids is 1. The summed E-state index contributed by atoms with van der Waals surface area (Å²) in [6.07, 6.45) is 4.19. The molecule has 0 aliphatic carbocycles. The van der Waals surface area contributed by atoms with E-state index in [9.17, 15) is 9.59 Å². The lowest BCUT2D eigenvalue weighted by molar-refractivity contribution is -0.144. The molecule has 1 atom stereocenters. The van der Waals surface area contributed by atoms with E-state index >= 15 is 0 Å². The smallest absolute Gasteiger partial charge is 0.329 e. The second-order valence-electron chi connectivity index (χ2n) is 6.19. The molecule has 0 saturated carbocycles. The molecule has 3 aromatic rings. The third-order valence-electron chi connectivity index (χ3n) is 4.52. The molecular weight excluding hydrogens is 348 g/mol. The number of oxazole rings is 1. The number of nitrogens with one attached hydrogen (secondary N) is 1. The van der Waals surface area contributed by atoms with Gasteiger partial charge in [-0.3, -0.25) is 9.36 Å². The molecule has 2 aromatic heterocycles. The summed E-state index contributed by atoms with van der Waals surface area (Å²) < 4.78 is 11.9. The molecule has 4 rings (SSSR count). The molecular formula is C19H18N4O4. The van der Waals surface area contributed by atoms with E-state index < -0.39 is 12.0 Å². The number of hydrogen-bond donors (Lipinski definition) is 1. The number of carbonyl (C=O) groups is 1. The van der Waals surface area contributed by atoms with Crippen molar-refractivity contribution in [2.24, 2.45) is 0 Å². The Balaban J connectivity index is 1.52. The van der Waals surface area contributed by atoms with Gasteiger partial charge in [-0.15, -0.1) is 0 Å². The van der Waals surface area contributed by atoms with Crippen LogP contribution in [0.25, 0.3) is 11.5 Å². The number of esters is 1. The molecule has 0 bridgehead atoms. The van der Waals surface area contributed by atoms with Crippen molar-refractivity contribution in [1.82, 2.24) is 14.5 Å². The average molecular weight is 366 g/mol. The predicted molar refractivity (Wildman–Crippen MR) is 97.1 cm³/mol. The third-order valence-corrected chi connectivity index (χ3v) is 4.52. The first-order valence-electron chi connectivity index (χ1n) is 8.59. The molecule has 8 nitrogen and oxygen atoms in total. The summed E-state index contributed by atoms with van der Waals surface area (Å²) in [5.74, 6) is 1.26. The van der Waals surface area contributed by atoms with Gasteiger partial charge in [0, 0.05) is 12.0 Å². The molecule has 1 aliphatic heterocycles. The fourth-order valence-electron chi connectivity index (χ4n) is 3.17. The molecule has 3 heterocycles. The van der Waals surface area contributed by atoms with Gasteiger partial charge in [-0.25, -0.2) is 14.8 Å². The number of ether oxygens (including phenoxy) is 1. The van der Waals surface area contributed by atoms with Gasteiger partial charge < -0.3 is 14.5 Å². The summed E-state index contributed by atoms with van der Waals surface area (Å²) in [5.41, 5.74) is 0.881. The van der Waals surface area contributed by atoms with Crippen LogP contribution in [0.2, 0.25) is 0 Å². The maximum Gasteiger partial charge on any atom is 0.329 e. The van der Waals surface area contributed by atoms with Crippen molar-refractivity contribution in [1.29, 1.82) is 0 Å².